The van der Waals surface area contributed by atoms with Crippen LogP contribution < -0.4 is 15.4 Å². The molecular weight excluding hydrogens is 230 g/mol. The third-order valence-electron chi connectivity index (χ3n) is 2.56. The average Bonchev–Trinajstić information content (AvgIpc) is 2.38. The second kappa shape index (κ2) is 7.53. The van der Waals surface area contributed by atoms with Crippen LogP contribution in [0.1, 0.15) is 32.8 Å². The van der Waals surface area contributed by atoms with Crippen LogP contribution >= 0.6 is 0 Å². The van der Waals surface area contributed by atoms with Crippen LogP contribution in [0.15, 0.2) is 18.3 Å². The van der Waals surface area contributed by atoms with E-state index in [2.05, 4.69) is 15.6 Å². The van der Waals surface area contributed by atoms with Crippen LogP contribution in [-0.4, -0.2) is 23.7 Å². The summed E-state index contributed by atoms with van der Waals surface area (Å²) in [5.74, 6) is 0.573. The molecule has 5 heteroatoms. The van der Waals surface area contributed by atoms with Crippen LogP contribution in [0.5, 0.6) is 5.88 Å². The average molecular weight is 251 g/mol. The highest BCUT2D eigenvalue weighted by Gasteiger charge is 2.07. The molecular formula is C13H21N3O2. The van der Waals surface area contributed by atoms with Gasteiger partial charge in [0.25, 0.3) is 0 Å². The number of ether oxygens (including phenoxy) is 1. The van der Waals surface area contributed by atoms with E-state index in [1.807, 2.05) is 32.9 Å². The summed E-state index contributed by atoms with van der Waals surface area (Å²) in [7, 11) is 0. The highest BCUT2D eigenvalue weighted by atomic mass is 16.5. The van der Waals surface area contributed by atoms with E-state index in [1.54, 1.807) is 6.20 Å². The smallest absolute Gasteiger partial charge is 0.315 e. The quantitative estimate of drug-likeness (QED) is 0.813. The molecule has 0 saturated carbocycles. The Kier molecular flexibility index (Phi) is 5.97. The maximum absolute atomic E-state index is 11.6. The van der Waals surface area contributed by atoms with Gasteiger partial charge in [-0.05, 0) is 26.3 Å². The van der Waals surface area contributed by atoms with Crippen LogP contribution in [-0.2, 0) is 6.54 Å². The molecule has 0 saturated heterocycles. The van der Waals surface area contributed by atoms with Gasteiger partial charge < -0.3 is 15.4 Å². The Hall–Kier alpha value is -1.78. The first-order chi connectivity index (χ1) is 8.67. The van der Waals surface area contributed by atoms with E-state index in [9.17, 15) is 4.79 Å². The molecule has 0 aromatic carbocycles. The second-order valence-corrected chi connectivity index (χ2v) is 4.04. The summed E-state index contributed by atoms with van der Waals surface area (Å²) in [5.41, 5.74) is 0.874. The normalized spacial score (nSPS) is 11.7. The number of nitrogens with zero attached hydrogens (tertiary/aromatic N) is 1. The number of hydrogen-bond acceptors (Lipinski definition) is 3. The molecule has 0 fully saturated rings. The molecule has 0 bridgehead atoms. The third-order valence-corrected chi connectivity index (χ3v) is 2.56. The minimum absolute atomic E-state index is 0.171. The molecule has 1 rings (SSSR count). The highest BCUT2D eigenvalue weighted by Crippen LogP contribution is 2.13. The number of aromatic nitrogens is 1. The molecule has 1 aromatic rings. The maximum atomic E-state index is 11.6. The SMILES string of the molecule is CCOc1ncccc1CNC(=O)N[C@@H](C)CC. The molecule has 0 aliphatic rings. The molecule has 0 unspecified atom stereocenters. The van der Waals surface area contributed by atoms with E-state index >= 15 is 0 Å². The first kappa shape index (κ1) is 14.3. The standard InChI is InChI=1S/C13H21N3O2/c1-4-10(3)16-13(17)15-9-11-7-6-8-14-12(11)18-5-2/h6-8,10H,4-5,9H2,1-3H3,(H2,15,16,17)/t10-/m0/s1. The van der Waals surface area contributed by atoms with Crippen LogP contribution in [0.3, 0.4) is 0 Å². The fourth-order valence-corrected chi connectivity index (χ4v) is 1.38. The van der Waals surface area contributed by atoms with Crippen molar-refractivity contribution < 1.29 is 9.53 Å². The third kappa shape index (κ3) is 4.61. The topological polar surface area (TPSA) is 63.2 Å². The molecule has 1 atom stereocenters. The summed E-state index contributed by atoms with van der Waals surface area (Å²) in [6, 6.07) is 3.72. The van der Waals surface area contributed by atoms with E-state index in [0.717, 1.165) is 12.0 Å². The highest BCUT2D eigenvalue weighted by molar-refractivity contribution is 5.74. The summed E-state index contributed by atoms with van der Waals surface area (Å²) in [5, 5.41) is 5.63. The van der Waals surface area contributed by atoms with Crippen LogP contribution in [0.4, 0.5) is 4.79 Å². The van der Waals surface area contributed by atoms with Gasteiger partial charge in [-0.15, -0.1) is 0 Å². The Morgan fingerprint density at radius 2 is 2.28 bits per heavy atom. The molecule has 0 spiro atoms. The number of nitrogens with one attached hydrogen (secondary N) is 2. The molecule has 1 aromatic heterocycles. The maximum Gasteiger partial charge on any atom is 0.315 e. The summed E-state index contributed by atoms with van der Waals surface area (Å²) in [4.78, 5) is 15.7. The van der Waals surface area contributed by atoms with E-state index in [1.165, 1.54) is 0 Å². The number of amides is 2. The van der Waals surface area contributed by atoms with Gasteiger partial charge in [-0.3, -0.25) is 0 Å². The Morgan fingerprint density at radius 3 is 2.94 bits per heavy atom. The van der Waals surface area contributed by atoms with Crippen molar-refractivity contribution in [2.24, 2.45) is 0 Å². The van der Waals surface area contributed by atoms with Crippen molar-refractivity contribution in [3.63, 3.8) is 0 Å². The van der Waals surface area contributed by atoms with Crippen LogP contribution in [0.2, 0.25) is 0 Å². The zero-order valence-corrected chi connectivity index (χ0v) is 11.2. The monoisotopic (exact) mass is 251 g/mol. The number of urea groups is 1. The van der Waals surface area contributed by atoms with Crippen molar-refractivity contribution in [1.29, 1.82) is 0 Å². The van der Waals surface area contributed by atoms with Gasteiger partial charge in [0.05, 0.1) is 6.61 Å². The Bertz CT molecular complexity index is 382. The summed E-state index contributed by atoms with van der Waals surface area (Å²) < 4.78 is 5.39. The Morgan fingerprint density at radius 1 is 1.50 bits per heavy atom. The minimum Gasteiger partial charge on any atom is -0.478 e. The molecule has 0 aliphatic carbocycles. The molecule has 2 N–H and O–H groups in total. The number of hydrogen-bond donors (Lipinski definition) is 2. The molecule has 0 radical (unpaired) electrons. The van der Waals surface area contributed by atoms with E-state index in [0.29, 0.717) is 19.0 Å². The largest absolute Gasteiger partial charge is 0.478 e. The van der Waals surface area contributed by atoms with Gasteiger partial charge in [-0.2, -0.15) is 0 Å². The minimum atomic E-state index is -0.171. The zero-order chi connectivity index (χ0) is 13.4. The fraction of sp³-hybridized carbons (Fsp3) is 0.538. The van der Waals surface area contributed by atoms with Crippen molar-refractivity contribution in [2.45, 2.75) is 39.8 Å². The van der Waals surface area contributed by atoms with Gasteiger partial charge in [0, 0.05) is 24.3 Å². The zero-order valence-electron chi connectivity index (χ0n) is 11.2. The molecule has 18 heavy (non-hydrogen) atoms. The summed E-state index contributed by atoms with van der Waals surface area (Å²) in [6.45, 7) is 6.87. The first-order valence-corrected chi connectivity index (χ1v) is 6.28. The summed E-state index contributed by atoms with van der Waals surface area (Å²) in [6.07, 6.45) is 2.58. The van der Waals surface area contributed by atoms with E-state index in [-0.39, 0.29) is 12.1 Å². The van der Waals surface area contributed by atoms with Crippen LogP contribution in [0.25, 0.3) is 0 Å². The van der Waals surface area contributed by atoms with Crippen molar-refractivity contribution in [3.8, 4) is 5.88 Å². The van der Waals surface area contributed by atoms with Gasteiger partial charge in [-0.25, -0.2) is 9.78 Å². The molecule has 5 nitrogen and oxygen atoms in total. The predicted octanol–water partition coefficient (Wildman–Crippen LogP) is 2.08. The lowest BCUT2D eigenvalue weighted by Crippen LogP contribution is -2.40. The van der Waals surface area contributed by atoms with Crippen molar-refractivity contribution >= 4 is 6.03 Å². The van der Waals surface area contributed by atoms with Gasteiger partial charge in [0.2, 0.25) is 5.88 Å². The van der Waals surface area contributed by atoms with Crippen LogP contribution in [0, 0.1) is 0 Å². The lowest BCUT2D eigenvalue weighted by atomic mass is 10.2. The van der Waals surface area contributed by atoms with Crippen molar-refractivity contribution in [1.82, 2.24) is 15.6 Å². The van der Waals surface area contributed by atoms with E-state index in [4.69, 9.17) is 4.74 Å². The predicted molar refractivity (Wildman–Crippen MR) is 70.5 cm³/mol. The first-order valence-electron chi connectivity index (χ1n) is 6.28. The molecule has 1 heterocycles. The Balaban J connectivity index is 2.50. The molecule has 0 aliphatic heterocycles. The van der Waals surface area contributed by atoms with E-state index < -0.39 is 0 Å². The molecule has 2 amide bonds. The number of carbonyl (C=O) groups is 1. The molecule has 100 valence electrons. The summed E-state index contributed by atoms with van der Waals surface area (Å²) >= 11 is 0. The lowest BCUT2D eigenvalue weighted by molar-refractivity contribution is 0.237. The van der Waals surface area contributed by atoms with Crippen molar-refractivity contribution in [2.75, 3.05) is 6.61 Å². The number of rotatable bonds is 6. The Labute approximate surface area is 108 Å². The lowest BCUT2D eigenvalue weighted by Gasteiger charge is -2.13. The number of carbonyl (C=O) groups excluding carboxylic acids is 1. The van der Waals surface area contributed by atoms with Gasteiger partial charge in [-0.1, -0.05) is 13.0 Å². The van der Waals surface area contributed by atoms with Gasteiger partial charge in [0.1, 0.15) is 0 Å². The van der Waals surface area contributed by atoms with Crippen molar-refractivity contribution in [3.05, 3.63) is 23.9 Å². The van der Waals surface area contributed by atoms with Gasteiger partial charge in [0.15, 0.2) is 0 Å². The second-order valence-electron chi connectivity index (χ2n) is 4.04. The number of pyridine rings is 1. The fourth-order valence-electron chi connectivity index (χ4n) is 1.38. The van der Waals surface area contributed by atoms with Gasteiger partial charge >= 0.3 is 6.03 Å².